The van der Waals surface area contributed by atoms with E-state index in [9.17, 15) is 9.59 Å². The number of para-hydroxylation sites is 1. The van der Waals surface area contributed by atoms with Gasteiger partial charge in [0.15, 0.2) is 0 Å². The number of rotatable bonds is 6. The second-order valence-electron chi connectivity index (χ2n) is 8.42. The molecule has 0 saturated carbocycles. The third kappa shape index (κ3) is 4.84. The number of hydrogen-bond donors (Lipinski definition) is 0. The molecule has 1 aromatic heterocycles. The molecule has 0 amide bonds. The molecule has 4 rings (SSSR count). The fourth-order valence-electron chi connectivity index (χ4n) is 4.61. The first kappa shape index (κ1) is 23.5. The minimum Gasteiger partial charge on any atom is -0.462 e. The Labute approximate surface area is 202 Å². The van der Waals surface area contributed by atoms with Gasteiger partial charge in [0.05, 0.1) is 27.9 Å². The van der Waals surface area contributed by atoms with Crippen LogP contribution in [0.5, 0.6) is 5.75 Å². The monoisotopic (exact) mass is 512 g/mol. The number of halogens is 1. The molecule has 6 nitrogen and oxygen atoms in total. The van der Waals surface area contributed by atoms with Crippen LogP contribution in [0.4, 0.5) is 0 Å². The summed E-state index contributed by atoms with van der Waals surface area (Å²) in [5.74, 6) is -0.408. The van der Waals surface area contributed by atoms with E-state index in [1.54, 1.807) is 6.07 Å². The molecule has 174 valence electrons. The van der Waals surface area contributed by atoms with Gasteiger partial charge in [-0.15, -0.1) is 0 Å². The lowest BCUT2D eigenvalue weighted by Crippen LogP contribution is -2.37. The number of likely N-dealkylation sites (tertiary alicyclic amines) is 1. The predicted molar refractivity (Wildman–Crippen MR) is 132 cm³/mol. The largest absolute Gasteiger partial charge is 0.462 e. The highest BCUT2D eigenvalue weighted by molar-refractivity contribution is 9.10. The average Bonchev–Trinajstić information content (AvgIpc) is 3.08. The molecular weight excluding hydrogens is 484 g/mol. The van der Waals surface area contributed by atoms with Crippen LogP contribution in [0.1, 0.15) is 56.1 Å². The smallest absolute Gasteiger partial charge is 0.340 e. The molecule has 33 heavy (non-hydrogen) atoms. The lowest BCUT2D eigenvalue weighted by atomic mass is 10.0. The minimum atomic E-state index is -0.419. The van der Waals surface area contributed by atoms with Crippen LogP contribution < -0.4 is 4.74 Å². The molecule has 1 unspecified atom stereocenters. The molecular formula is C26H29BrN2O4. The zero-order chi connectivity index (χ0) is 23.5. The number of benzene rings is 2. The SMILES string of the molecule is CCOC(=O)c1c(CN2CCCCC2C)n(-c2ccccc2)c2cc(Br)c(OC(C)=O)cc12. The number of nitrogens with zero attached hydrogens (tertiary/aromatic N) is 2. The number of ether oxygens (including phenoxy) is 2. The van der Waals surface area contributed by atoms with Gasteiger partial charge in [-0.05, 0) is 73.4 Å². The fraction of sp³-hybridized carbons (Fsp3) is 0.385. The summed E-state index contributed by atoms with van der Waals surface area (Å²) in [5, 5.41) is 0.705. The minimum absolute atomic E-state index is 0.281. The number of fused-ring (bicyclic) bond motifs is 1. The van der Waals surface area contributed by atoms with Crippen LogP contribution >= 0.6 is 15.9 Å². The Morgan fingerprint density at radius 3 is 2.58 bits per heavy atom. The van der Waals surface area contributed by atoms with Crippen molar-refractivity contribution in [3.05, 3.63) is 58.2 Å². The average molecular weight is 513 g/mol. The molecule has 2 heterocycles. The molecule has 0 aliphatic carbocycles. The number of esters is 2. The van der Waals surface area contributed by atoms with E-state index in [1.165, 1.54) is 13.3 Å². The molecule has 1 fully saturated rings. The van der Waals surface area contributed by atoms with Gasteiger partial charge in [-0.3, -0.25) is 9.69 Å². The van der Waals surface area contributed by atoms with E-state index in [0.29, 0.717) is 33.8 Å². The van der Waals surface area contributed by atoms with Crippen molar-refractivity contribution < 1.29 is 19.1 Å². The Bertz CT molecular complexity index is 1170. The highest BCUT2D eigenvalue weighted by atomic mass is 79.9. The highest BCUT2D eigenvalue weighted by Gasteiger charge is 2.29. The van der Waals surface area contributed by atoms with Crippen molar-refractivity contribution in [2.24, 2.45) is 0 Å². The van der Waals surface area contributed by atoms with Gasteiger partial charge in [0.2, 0.25) is 0 Å². The van der Waals surface area contributed by atoms with Crippen molar-refractivity contribution >= 4 is 38.8 Å². The number of piperidine rings is 1. The van der Waals surface area contributed by atoms with E-state index in [1.807, 2.05) is 43.3 Å². The summed E-state index contributed by atoms with van der Waals surface area (Å²) < 4.78 is 13.7. The first-order valence-electron chi connectivity index (χ1n) is 11.4. The summed E-state index contributed by atoms with van der Waals surface area (Å²) in [6, 6.07) is 14.1. The molecule has 0 N–H and O–H groups in total. The van der Waals surface area contributed by atoms with Gasteiger partial charge in [-0.2, -0.15) is 0 Å². The quantitative estimate of drug-likeness (QED) is 0.305. The maximum Gasteiger partial charge on any atom is 0.340 e. The Morgan fingerprint density at radius 1 is 1.15 bits per heavy atom. The van der Waals surface area contributed by atoms with Crippen molar-refractivity contribution in [1.29, 1.82) is 0 Å². The molecule has 1 atom stereocenters. The Kier molecular flexibility index (Phi) is 7.20. The standard InChI is InChI=1S/C26H29BrN2O4/c1-4-32-26(31)25-20-14-24(33-18(3)30)21(27)15-22(20)29(19-11-6-5-7-12-19)23(25)16-28-13-9-8-10-17(28)2/h5-7,11-12,14-15,17H,4,8-10,13,16H2,1-3H3. The molecule has 7 heteroatoms. The van der Waals surface area contributed by atoms with Gasteiger partial charge >= 0.3 is 11.9 Å². The zero-order valence-electron chi connectivity index (χ0n) is 19.3. The first-order chi connectivity index (χ1) is 15.9. The van der Waals surface area contributed by atoms with E-state index in [2.05, 4.69) is 32.3 Å². The van der Waals surface area contributed by atoms with Gasteiger partial charge < -0.3 is 14.0 Å². The van der Waals surface area contributed by atoms with Crippen LogP contribution in [0.2, 0.25) is 0 Å². The van der Waals surface area contributed by atoms with Gasteiger partial charge in [0.25, 0.3) is 0 Å². The van der Waals surface area contributed by atoms with Crippen LogP contribution in [0, 0.1) is 0 Å². The maximum absolute atomic E-state index is 13.3. The molecule has 1 aliphatic heterocycles. The number of carbonyl (C=O) groups is 2. The lowest BCUT2D eigenvalue weighted by Gasteiger charge is -2.33. The zero-order valence-corrected chi connectivity index (χ0v) is 20.9. The molecule has 2 aromatic carbocycles. The Hall–Kier alpha value is -2.64. The summed E-state index contributed by atoms with van der Waals surface area (Å²) >= 11 is 3.55. The van der Waals surface area contributed by atoms with Gasteiger partial charge in [-0.1, -0.05) is 24.6 Å². The summed E-state index contributed by atoms with van der Waals surface area (Å²) in [6.07, 6.45) is 3.51. The lowest BCUT2D eigenvalue weighted by molar-refractivity contribution is -0.131. The van der Waals surface area contributed by atoms with E-state index in [0.717, 1.165) is 36.3 Å². The summed E-state index contributed by atoms with van der Waals surface area (Å²) in [5.41, 5.74) is 3.22. The van der Waals surface area contributed by atoms with Crippen LogP contribution in [0.3, 0.4) is 0 Å². The molecule has 0 spiro atoms. The maximum atomic E-state index is 13.3. The van der Waals surface area contributed by atoms with Crippen molar-refractivity contribution in [3.8, 4) is 11.4 Å². The number of aromatic nitrogens is 1. The van der Waals surface area contributed by atoms with Crippen molar-refractivity contribution in [3.63, 3.8) is 0 Å². The van der Waals surface area contributed by atoms with Gasteiger partial charge in [-0.25, -0.2) is 4.79 Å². The van der Waals surface area contributed by atoms with E-state index < -0.39 is 5.97 Å². The van der Waals surface area contributed by atoms with Crippen molar-refractivity contribution in [2.45, 2.75) is 52.6 Å². The Morgan fingerprint density at radius 2 is 1.91 bits per heavy atom. The van der Waals surface area contributed by atoms with Crippen molar-refractivity contribution in [1.82, 2.24) is 9.47 Å². The topological polar surface area (TPSA) is 60.8 Å². The third-order valence-corrected chi connectivity index (χ3v) is 6.78. The van der Waals surface area contributed by atoms with Gasteiger partial charge in [0.1, 0.15) is 5.75 Å². The van der Waals surface area contributed by atoms with E-state index >= 15 is 0 Å². The summed E-state index contributed by atoms with van der Waals surface area (Å²) in [6.45, 7) is 7.31. The third-order valence-electron chi connectivity index (χ3n) is 6.16. The van der Waals surface area contributed by atoms with Crippen molar-refractivity contribution in [2.75, 3.05) is 13.2 Å². The Balaban J connectivity index is 2.00. The molecule has 1 saturated heterocycles. The molecule has 3 aromatic rings. The van der Waals surface area contributed by atoms with E-state index in [-0.39, 0.29) is 12.6 Å². The molecule has 0 bridgehead atoms. The fourth-order valence-corrected chi connectivity index (χ4v) is 5.02. The summed E-state index contributed by atoms with van der Waals surface area (Å²) in [4.78, 5) is 27.4. The second-order valence-corrected chi connectivity index (χ2v) is 9.28. The van der Waals surface area contributed by atoms with E-state index in [4.69, 9.17) is 9.47 Å². The summed E-state index contributed by atoms with van der Waals surface area (Å²) in [7, 11) is 0. The highest BCUT2D eigenvalue weighted by Crippen LogP contribution is 2.38. The molecule has 1 aliphatic rings. The second kappa shape index (κ2) is 10.1. The predicted octanol–water partition coefficient (Wildman–Crippen LogP) is 5.87. The van der Waals surface area contributed by atoms with Gasteiger partial charge in [0, 0.05) is 30.6 Å². The number of hydrogen-bond acceptors (Lipinski definition) is 5. The first-order valence-corrected chi connectivity index (χ1v) is 12.2. The van der Waals surface area contributed by atoms with Crippen LogP contribution in [-0.4, -0.2) is 40.6 Å². The normalized spacial score (nSPS) is 16.7. The van der Waals surface area contributed by atoms with Crippen LogP contribution in [0.15, 0.2) is 46.9 Å². The van der Waals surface area contributed by atoms with Crippen LogP contribution in [0.25, 0.3) is 16.6 Å². The number of carbonyl (C=O) groups excluding carboxylic acids is 2. The van der Waals surface area contributed by atoms with Crippen LogP contribution in [-0.2, 0) is 16.1 Å². The molecule has 0 radical (unpaired) electrons.